The fourth-order valence-corrected chi connectivity index (χ4v) is 3.61. The number of benzene rings is 1. The van der Waals surface area contributed by atoms with Gasteiger partial charge in [0.2, 0.25) is 0 Å². The smallest absolute Gasteiger partial charge is 0.127 e. The molecule has 0 fully saturated rings. The number of aryl methyl sites for hydroxylation is 2. The minimum absolute atomic E-state index is 0.229. The summed E-state index contributed by atoms with van der Waals surface area (Å²) in [6.07, 6.45) is 0.844. The minimum Gasteiger partial charge on any atom is -0.326 e. The van der Waals surface area contributed by atoms with Crippen LogP contribution in [0.25, 0.3) is 11.0 Å². The van der Waals surface area contributed by atoms with Crippen LogP contribution in [-0.2, 0) is 13.0 Å². The fraction of sp³-hybridized carbons (Fsp3) is 0.267. The van der Waals surface area contributed by atoms with Crippen molar-refractivity contribution in [2.75, 3.05) is 0 Å². The number of imidazole rings is 1. The van der Waals surface area contributed by atoms with Crippen LogP contribution in [-0.4, -0.2) is 9.55 Å². The summed E-state index contributed by atoms with van der Waals surface area (Å²) < 4.78 is 16.2. The fourth-order valence-electron chi connectivity index (χ4n) is 2.37. The predicted molar refractivity (Wildman–Crippen MR) is 87.0 cm³/mol. The molecule has 0 saturated heterocycles. The number of nitrogens with zero attached hydrogens (tertiary/aromatic N) is 2. The zero-order valence-corrected chi connectivity index (χ0v) is 13.6. The van der Waals surface area contributed by atoms with Gasteiger partial charge in [0.05, 0.1) is 20.7 Å². The van der Waals surface area contributed by atoms with Crippen LogP contribution in [0.3, 0.4) is 0 Å². The number of fused-ring (bicyclic) bond motifs is 1. The molecule has 0 saturated carbocycles. The quantitative estimate of drug-likeness (QED) is 0.577. The largest absolute Gasteiger partial charge is 0.326 e. The first-order valence-corrected chi connectivity index (χ1v) is 8.21. The van der Waals surface area contributed by atoms with Gasteiger partial charge in [-0.05, 0) is 37.6 Å². The van der Waals surface area contributed by atoms with Gasteiger partial charge in [0, 0.05) is 17.5 Å². The van der Waals surface area contributed by atoms with Crippen LogP contribution >= 0.6 is 34.5 Å². The highest BCUT2D eigenvalue weighted by atomic mass is 35.5. The Balaban J connectivity index is 1.97. The third kappa shape index (κ3) is 3.07. The number of alkyl halides is 1. The van der Waals surface area contributed by atoms with Crippen molar-refractivity contribution < 1.29 is 4.39 Å². The molecular weight excluding hydrogens is 330 g/mol. The molecule has 21 heavy (non-hydrogen) atoms. The van der Waals surface area contributed by atoms with Crippen LogP contribution in [0, 0.1) is 5.82 Å². The van der Waals surface area contributed by atoms with Crippen molar-refractivity contribution in [1.82, 2.24) is 9.55 Å². The topological polar surface area (TPSA) is 17.8 Å². The van der Waals surface area contributed by atoms with Crippen LogP contribution in [0.2, 0.25) is 4.34 Å². The Morgan fingerprint density at radius 2 is 2.14 bits per heavy atom. The highest BCUT2D eigenvalue weighted by Gasteiger charge is 2.15. The molecule has 2 heterocycles. The van der Waals surface area contributed by atoms with Gasteiger partial charge >= 0.3 is 0 Å². The summed E-state index contributed by atoms with van der Waals surface area (Å²) >= 11 is 13.7. The molecule has 1 atom stereocenters. The van der Waals surface area contributed by atoms with Crippen molar-refractivity contribution in [3.05, 3.63) is 51.2 Å². The Morgan fingerprint density at radius 1 is 1.33 bits per heavy atom. The lowest BCUT2D eigenvalue weighted by Gasteiger charge is -2.09. The lowest BCUT2D eigenvalue weighted by Crippen LogP contribution is -2.06. The second-order valence-corrected chi connectivity index (χ2v) is 7.28. The van der Waals surface area contributed by atoms with E-state index >= 15 is 0 Å². The maximum Gasteiger partial charge on any atom is 0.127 e. The molecule has 0 aliphatic heterocycles. The number of thiophene rings is 1. The van der Waals surface area contributed by atoms with Gasteiger partial charge in [-0.1, -0.05) is 11.6 Å². The molecule has 0 aliphatic carbocycles. The van der Waals surface area contributed by atoms with E-state index in [2.05, 4.69) is 9.55 Å². The SMILES string of the molecule is CC(Cl)c1nc2cc(F)ccc2n1CCc1ccc(Cl)s1. The summed E-state index contributed by atoms with van der Waals surface area (Å²) in [4.78, 5) is 5.66. The summed E-state index contributed by atoms with van der Waals surface area (Å²) in [5, 5.41) is -0.229. The number of hydrogen-bond donors (Lipinski definition) is 0. The molecule has 0 spiro atoms. The average molecular weight is 343 g/mol. The van der Waals surface area contributed by atoms with E-state index in [0.717, 1.165) is 28.6 Å². The number of halogens is 3. The van der Waals surface area contributed by atoms with E-state index in [0.29, 0.717) is 5.52 Å². The van der Waals surface area contributed by atoms with Crippen molar-refractivity contribution in [2.24, 2.45) is 0 Å². The molecule has 0 radical (unpaired) electrons. The lowest BCUT2D eigenvalue weighted by molar-refractivity contribution is 0.629. The Morgan fingerprint density at radius 3 is 2.81 bits per heavy atom. The molecule has 3 aromatic rings. The Labute approximate surface area is 136 Å². The first kappa shape index (κ1) is 14.8. The number of aromatic nitrogens is 2. The summed E-state index contributed by atoms with van der Waals surface area (Å²) in [5.74, 6) is 0.478. The molecule has 0 amide bonds. The molecular formula is C15H13Cl2FN2S. The molecule has 0 aliphatic rings. The van der Waals surface area contributed by atoms with Gasteiger partial charge in [0.25, 0.3) is 0 Å². The van der Waals surface area contributed by atoms with E-state index in [1.165, 1.54) is 17.0 Å². The van der Waals surface area contributed by atoms with Gasteiger partial charge in [-0.2, -0.15) is 0 Å². The summed E-state index contributed by atoms with van der Waals surface area (Å²) in [6.45, 7) is 2.61. The molecule has 0 N–H and O–H groups in total. The number of rotatable bonds is 4. The summed E-state index contributed by atoms with van der Waals surface area (Å²) in [6, 6.07) is 8.56. The van der Waals surface area contributed by atoms with Gasteiger partial charge < -0.3 is 4.57 Å². The third-order valence-corrected chi connectivity index (χ3v) is 4.79. The molecule has 2 aromatic heterocycles. The van der Waals surface area contributed by atoms with Crippen molar-refractivity contribution in [1.29, 1.82) is 0 Å². The van der Waals surface area contributed by atoms with Gasteiger partial charge in [-0.25, -0.2) is 9.37 Å². The van der Waals surface area contributed by atoms with E-state index < -0.39 is 0 Å². The van der Waals surface area contributed by atoms with Gasteiger partial charge in [0.1, 0.15) is 11.6 Å². The molecule has 0 bridgehead atoms. The molecule has 3 rings (SSSR count). The Bertz CT molecular complexity index is 779. The second kappa shape index (κ2) is 5.95. The first-order valence-electron chi connectivity index (χ1n) is 6.58. The van der Waals surface area contributed by atoms with Crippen molar-refractivity contribution >= 4 is 45.6 Å². The van der Waals surface area contributed by atoms with Crippen LogP contribution in [0.5, 0.6) is 0 Å². The van der Waals surface area contributed by atoms with Crippen molar-refractivity contribution in [3.8, 4) is 0 Å². The van der Waals surface area contributed by atoms with E-state index in [4.69, 9.17) is 23.2 Å². The van der Waals surface area contributed by atoms with E-state index in [9.17, 15) is 4.39 Å². The van der Waals surface area contributed by atoms with Crippen LogP contribution in [0.1, 0.15) is 23.0 Å². The molecule has 1 unspecified atom stereocenters. The van der Waals surface area contributed by atoms with E-state index in [1.807, 2.05) is 19.1 Å². The Kier molecular flexibility index (Phi) is 4.20. The van der Waals surface area contributed by atoms with Gasteiger partial charge in [0.15, 0.2) is 0 Å². The zero-order chi connectivity index (χ0) is 15.0. The summed E-state index contributed by atoms with van der Waals surface area (Å²) in [5.41, 5.74) is 1.54. The minimum atomic E-state index is -0.286. The first-order chi connectivity index (χ1) is 10.0. The van der Waals surface area contributed by atoms with Crippen LogP contribution in [0.15, 0.2) is 30.3 Å². The maximum absolute atomic E-state index is 13.3. The van der Waals surface area contributed by atoms with Crippen molar-refractivity contribution in [2.45, 2.75) is 25.3 Å². The normalized spacial score (nSPS) is 13.0. The van der Waals surface area contributed by atoms with Crippen molar-refractivity contribution in [3.63, 3.8) is 0 Å². The second-order valence-electron chi connectivity index (χ2n) is 4.83. The highest BCUT2D eigenvalue weighted by molar-refractivity contribution is 7.16. The summed E-state index contributed by atoms with van der Waals surface area (Å²) in [7, 11) is 0. The predicted octanol–water partition coefficient (Wildman–Crippen LogP) is 5.43. The van der Waals surface area contributed by atoms with E-state index in [-0.39, 0.29) is 11.2 Å². The molecule has 1 aromatic carbocycles. The third-order valence-electron chi connectivity index (χ3n) is 3.31. The molecule has 2 nitrogen and oxygen atoms in total. The molecule has 6 heteroatoms. The highest BCUT2D eigenvalue weighted by Crippen LogP contribution is 2.27. The standard InChI is InChI=1S/C15H13Cl2FN2S/c1-9(16)15-19-12-8-10(18)2-4-13(12)20(15)7-6-11-3-5-14(17)21-11/h2-5,8-9H,6-7H2,1H3. The maximum atomic E-state index is 13.3. The van der Waals surface area contributed by atoms with Gasteiger partial charge in [-0.15, -0.1) is 22.9 Å². The average Bonchev–Trinajstić information content (AvgIpc) is 2.99. The van der Waals surface area contributed by atoms with Crippen LogP contribution < -0.4 is 0 Å². The lowest BCUT2D eigenvalue weighted by atomic mass is 10.3. The Hall–Kier alpha value is -1.10. The van der Waals surface area contributed by atoms with Gasteiger partial charge in [-0.3, -0.25) is 0 Å². The van der Waals surface area contributed by atoms with Crippen LogP contribution in [0.4, 0.5) is 4.39 Å². The zero-order valence-electron chi connectivity index (χ0n) is 11.3. The monoisotopic (exact) mass is 342 g/mol. The molecule has 110 valence electrons. The number of hydrogen-bond acceptors (Lipinski definition) is 2. The van der Waals surface area contributed by atoms with E-state index in [1.54, 1.807) is 17.4 Å².